The van der Waals surface area contributed by atoms with Crippen LogP contribution < -0.4 is 5.32 Å². The Morgan fingerprint density at radius 1 is 1.48 bits per heavy atom. The van der Waals surface area contributed by atoms with Gasteiger partial charge >= 0.3 is 0 Å². The van der Waals surface area contributed by atoms with Crippen molar-refractivity contribution in [2.24, 2.45) is 0 Å². The predicted octanol–water partition coefficient (Wildman–Crippen LogP) is 1.46. The Kier molecular flexibility index (Phi) is 7.66. The van der Waals surface area contributed by atoms with Crippen molar-refractivity contribution in [3.63, 3.8) is 0 Å². The fourth-order valence-electron chi connectivity index (χ4n) is 2.27. The fraction of sp³-hybridized carbons (Fsp3) is 0.412. The van der Waals surface area contributed by atoms with Crippen LogP contribution in [0.4, 0.5) is 0 Å². The van der Waals surface area contributed by atoms with Crippen LogP contribution in [0.1, 0.15) is 23.7 Å². The smallest absolute Gasteiger partial charge is 0.239 e. The second-order valence-corrected chi connectivity index (χ2v) is 5.34. The summed E-state index contributed by atoms with van der Waals surface area (Å²) in [6.07, 6.45) is 3.79. The molecule has 23 heavy (non-hydrogen) atoms. The number of carbonyl (C=O) groups is 2. The molecule has 2 amide bonds. The van der Waals surface area contributed by atoms with Gasteiger partial charge in [0.15, 0.2) is 0 Å². The van der Waals surface area contributed by atoms with Gasteiger partial charge in [0, 0.05) is 25.5 Å². The summed E-state index contributed by atoms with van der Waals surface area (Å²) in [6.45, 7) is 4.50. The number of aromatic nitrogens is 1. The number of aromatic amines is 1. The zero-order valence-corrected chi connectivity index (χ0v) is 13.9. The lowest BCUT2D eigenvalue weighted by atomic mass is 10.0. The number of hydrogen-bond donors (Lipinski definition) is 3. The fourth-order valence-corrected chi connectivity index (χ4v) is 2.27. The zero-order chi connectivity index (χ0) is 17.2. The summed E-state index contributed by atoms with van der Waals surface area (Å²) >= 11 is 0. The minimum absolute atomic E-state index is 0.0442. The molecule has 0 aromatic carbocycles. The average Bonchev–Trinajstić information content (AvgIpc) is 2.58. The van der Waals surface area contributed by atoms with Crippen molar-refractivity contribution in [1.29, 1.82) is 0 Å². The molecule has 0 unspecified atom stereocenters. The van der Waals surface area contributed by atoms with E-state index < -0.39 is 0 Å². The summed E-state index contributed by atoms with van der Waals surface area (Å²) in [4.78, 5) is 26.7. The topological polar surface area (TPSA) is 85.4 Å². The van der Waals surface area contributed by atoms with E-state index in [1.165, 1.54) is 4.90 Å². The van der Waals surface area contributed by atoms with Crippen molar-refractivity contribution >= 4 is 12.3 Å². The van der Waals surface area contributed by atoms with E-state index in [2.05, 4.69) is 10.3 Å². The van der Waals surface area contributed by atoms with Gasteiger partial charge in [0.1, 0.15) is 5.75 Å². The maximum Gasteiger partial charge on any atom is 0.239 e. The van der Waals surface area contributed by atoms with Gasteiger partial charge in [-0.3, -0.25) is 9.59 Å². The van der Waals surface area contributed by atoms with Crippen LogP contribution in [-0.4, -0.2) is 47.4 Å². The van der Waals surface area contributed by atoms with E-state index in [1.54, 1.807) is 31.4 Å². The molecule has 0 fully saturated rings. The number of nitrogens with one attached hydrogen (secondary N) is 2. The molecule has 0 aliphatic carbocycles. The molecule has 126 valence electrons. The van der Waals surface area contributed by atoms with Crippen molar-refractivity contribution in [2.75, 3.05) is 20.1 Å². The standard InChI is InChI=1S/C17H25N3O3/c1-4-14-10-15(22)6-5-8-18-13(2)16(14)7-9-19-17(23)11-20(3)12-21/h5-6,8,10,12,18,22H,4,7,9,11H2,1-3H3,(H,19,23). The SMILES string of the molecule is CCc1cc(O)ccc[nH]c(C)c1CCNC(=O)CN(C)C=O. The Hall–Kier alpha value is -2.50. The van der Waals surface area contributed by atoms with Crippen molar-refractivity contribution < 1.29 is 14.7 Å². The van der Waals surface area contributed by atoms with Crippen LogP contribution in [0, 0.1) is 6.92 Å². The van der Waals surface area contributed by atoms with E-state index in [4.69, 9.17) is 0 Å². The molecule has 0 aliphatic heterocycles. The van der Waals surface area contributed by atoms with Crippen LogP contribution in [0.5, 0.6) is 5.75 Å². The van der Waals surface area contributed by atoms with Gasteiger partial charge in [-0.1, -0.05) is 6.92 Å². The molecule has 0 bridgehead atoms. The number of nitrogens with zero attached hydrogens (tertiary/aromatic N) is 1. The third kappa shape index (κ3) is 6.42. The number of likely N-dealkylation sites (N-methyl/N-ethyl adjacent to an activating group) is 1. The summed E-state index contributed by atoms with van der Waals surface area (Å²) in [5.74, 6) is 0.00212. The van der Waals surface area contributed by atoms with Crippen LogP contribution >= 0.6 is 0 Å². The molecule has 6 heteroatoms. The van der Waals surface area contributed by atoms with Gasteiger partial charge < -0.3 is 20.3 Å². The lowest BCUT2D eigenvalue weighted by Crippen LogP contribution is -2.35. The summed E-state index contributed by atoms with van der Waals surface area (Å²) in [5.41, 5.74) is 3.06. The molecule has 0 aliphatic rings. The van der Waals surface area contributed by atoms with Gasteiger partial charge in [-0.15, -0.1) is 0 Å². The number of aryl methyl sites for hydroxylation is 2. The van der Waals surface area contributed by atoms with E-state index in [0.29, 0.717) is 19.4 Å². The lowest BCUT2D eigenvalue weighted by molar-refractivity contribution is -0.127. The lowest BCUT2D eigenvalue weighted by Gasteiger charge is -2.12. The van der Waals surface area contributed by atoms with Crippen LogP contribution in [0.15, 0.2) is 24.4 Å². The minimum atomic E-state index is -0.196. The third-order valence-corrected chi connectivity index (χ3v) is 3.48. The Bertz CT molecular complexity index is 595. The molecule has 0 saturated carbocycles. The first-order valence-electron chi connectivity index (χ1n) is 7.63. The molecule has 0 saturated heterocycles. The van der Waals surface area contributed by atoms with Gasteiger partial charge in [-0.2, -0.15) is 0 Å². The van der Waals surface area contributed by atoms with Crippen LogP contribution in [0.3, 0.4) is 0 Å². The second kappa shape index (κ2) is 9.50. The van der Waals surface area contributed by atoms with Crippen molar-refractivity contribution in [3.05, 3.63) is 41.2 Å². The van der Waals surface area contributed by atoms with E-state index in [1.807, 2.05) is 13.8 Å². The molecular weight excluding hydrogens is 294 g/mol. The van der Waals surface area contributed by atoms with Crippen molar-refractivity contribution in [1.82, 2.24) is 15.2 Å². The van der Waals surface area contributed by atoms with Gasteiger partial charge in [0.25, 0.3) is 0 Å². The number of rotatable bonds is 7. The Morgan fingerprint density at radius 3 is 2.87 bits per heavy atom. The Morgan fingerprint density at radius 2 is 2.22 bits per heavy atom. The van der Waals surface area contributed by atoms with Gasteiger partial charge in [0.05, 0.1) is 6.54 Å². The minimum Gasteiger partial charge on any atom is -0.508 e. The quantitative estimate of drug-likeness (QED) is 0.665. The van der Waals surface area contributed by atoms with Crippen LogP contribution in [0.2, 0.25) is 0 Å². The van der Waals surface area contributed by atoms with Crippen LogP contribution in [-0.2, 0) is 22.4 Å². The second-order valence-electron chi connectivity index (χ2n) is 5.34. The van der Waals surface area contributed by atoms with Crippen LogP contribution in [0.25, 0.3) is 0 Å². The summed E-state index contributed by atoms with van der Waals surface area (Å²) in [6, 6.07) is 5.11. The van der Waals surface area contributed by atoms with Crippen molar-refractivity contribution in [2.45, 2.75) is 26.7 Å². The van der Waals surface area contributed by atoms with E-state index in [0.717, 1.165) is 23.2 Å². The highest BCUT2D eigenvalue weighted by Crippen LogP contribution is 2.15. The number of aromatic hydroxyl groups is 1. The maximum absolute atomic E-state index is 11.7. The first-order valence-corrected chi connectivity index (χ1v) is 7.63. The number of hydrogen-bond acceptors (Lipinski definition) is 3. The zero-order valence-electron chi connectivity index (χ0n) is 13.9. The number of amides is 2. The molecule has 1 heterocycles. The molecule has 0 radical (unpaired) electrons. The predicted molar refractivity (Wildman–Crippen MR) is 89.6 cm³/mol. The molecular formula is C17H25N3O3. The first kappa shape index (κ1) is 18.5. The Labute approximate surface area is 136 Å². The molecule has 3 N–H and O–H groups in total. The van der Waals surface area contributed by atoms with Gasteiger partial charge in [-0.05, 0) is 49.1 Å². The highest BCUT2D eigenvalue weighted by atomic mass is 16.3. The largest absolute Gasteiger partial charge is 0.508 e. The molecule has 0 atom stereocenters. The van der Waals surface area contributed by atoms with E-state index in [-0.39, 0.29) is 18.2 Å². The highest BCUT2D eigenvalue weighted by molar-refractivity contribution is 5.79. The molecule has 1 rings (SSSR count). The maximum atomic E-state index is 11.7. The number of H-pyrrole nitrogens is 1. The molecule has 1 aromatic heterocycles. The summed E-state index contributed by atoms with van der Waals surface area (Å²) in [7, 11) is 1.56. The number of carbonyl (C=O) groups excluding carboxylic acids is 2. The van der Waals surface area contributed by atoms with Gasteiger partial charge in [0.2, 0.25) is 12.3 Å². The summed E-state index contributed by atoms with van der Waals surface area (Å²) in [5, 5.41) is 12.7. The van der Waals surface area contributed by atoms with E-state index >= 15 is 0 Å². The Balaban J connectivity index is 2.89. The molecule has 1 aromatic rings. The van der Waals surface area contributed by atoms with E-state index in [9.17, 15) is 14.7 Å². The van der Waals surface area contributed by atoms with Gasteiger partial charge in [-0.25, -0.2) is 0 Å². The highest BCUT2D eigenvalue weighted by Gasteiger charge is 2.07. The summed E-state index contributed by atoms with van der Waals surface area (Å²) < 4.78 is 0. The molecule has 6 nitrogen and oxygen atoms in total. The normalized spacial score (nSPS) is 9.87. The third-order valence-electron chi connectivity index (χ3n) is 3.48. The van der Waals surface area contributed by atoms with Crippen molar-refractivity contribution in [3.8, 4) is 5.75 Å². The molecule has 0 spiro atoms. The monoisotopic (exact) mass is 319 g/mol. The average molecular weight is 319 g/mol. The first-order chi connectivity index (χ1) is 11.0.